The van der Waals surface area contributed by atoms with E-state index in [0.717, 1.165) is 24.9 Å². The highest BCUT2D eigenvalue weighted by molar-refractivity contribution is 6.00. The zero-order valence-corrected chi connectivity index (χ0v) is 34.3. The predicted octanol–water partition coefficient (Wildman–Crippen LogP) is 3.74. The average molecular weight is 751 g/mol. The van der Waals surface area contributed by atoms with Crippen LogP contribution in [0.15, 0.2) is 0 Å². The van der Waals surface area contributed by atoms with Crippen molar-refractivity contribution in [3.8, 4) is 0 Å². The topological polar surface area (TPSA) is 148 Å². The Labute approximate surface area is 317 Å². The van der Waals surface area contributed by atoms with Gasteiger partial charge >= 0.3 is 12.1 Å². The number of nitrogens with zero attached hydrogens (tertiary/aromatic N) is 2. The van der Waals surface area contributed by atoms with Crippen molar-refractivity contribution in [2.75, 3.05) is 40.8 Å². The predicted molar refractivity (Wildman–Crippen MR) is 200 cm³/mol. The first-order valence-electron chi connectivity index (χ1n) is 20.3. The van der Waals surface area contributed by atoms with Gasteiger partial charge in [0.15, 0.2) is 17.7 Å². The normalized spacial score (nSPS) is 42.7. The van der Waals surface area contributed by atoms with E-state index >= 15 is 0 Å². The first kappa shape index (κ1) is 42.3. The number of methoxy groups -OCH3 is 1. The summed E-state index contributed by atoms with van der Waals surface area (Å²) < 4.78 is 31.9. The van der Waals surface area contributed by atoms with Crippen LogP contribution in [0.1, 0.15) is 100 Å². The van der Waals surface area contributed by atoms with E-state index in [4.69, 9.17) is 23.7 Å². The maximum atomic E-state index is 14.4. The number of hydrogen-bond donors (Lipinski definition) is 3. The summed E-state index contributed by atoms with van der Waals surface area (Å²) in [5.41, 5.74) is -2.18. The Bertz CT molecular complexity index is 1270. The highest BCUT2D eigenvalue weighted by atomic mass is 16.7. The molecule has 2 aliphatic carbocycles. The Balaban J connectivity index is 1.45. The lowest BCUT2D eigenvalue weighted by Crippen LogP contribution is -2.61. The molecule has 0 radical (unpaired) electrons. The molecule has 0 bridgehead atoms. The summed E-state index contributed by atoms with van der Waals surface area (Å²) in [7, 11) is 5.55. The third kappa shape index (κ3) is 9.57. The Hall–Kier alpha value is -1.87. The molecule has 3 N–H and O–H groups in total. The van der Waals surface area contributed by atoms with E-state index in [9.17, 15) is 19.5 Å². The molecule has 53 heavy (non-hydrogen) atoms. The van der Waals surface area contributed by atoms with E-state index in [-0.39, 0.29) is 35.9 Å². The van der Waals surface area contributed by atoms with Gasteiger partial charge in [-0.1, -0.05) is 20.8 Å². The second-order valence-electron chi connectivity index (χ2n) is 17.9. The number of ether oxygens (including phenoxy) is 5. The molecule has 5 fully saturated rings. The summed E-state index contributed by atoms with van der Waals surface area (Å²) in [4.78, 5) is 45.4. The number of aliphatic hydroxyl groups is 1. The first-order chi connectivity index (χ1) is 24.9. The number of cyclic esters (lactones) is 1. The van der Waals surface area contributed by atoms with Gasteiger partial charge in [0.1, 0.15) is 18.1 Å². The van der Waals surface area contributed by atoms with Gasteiger partial charge < -0.3 is 44.3 Å². The van der Waals surface area contributed by atoms with Crippen molar-refractivity contribution >= 4 is 17.8 Å². The summed E-state index contributed by atoms with van der Waals surface area (Å²) in [6, 6.07) is -0.852. The van der Waals surface area contributed by atoms with Crippen LogP contribution in [0.5, 0.6) is 0 Å². The number of Topliss-reactive ketones (excluding diaryl/α,β-unsaturated/α-hetero) is 1. The molecule has 3 aliphatic heterocycles. The largest absolute Gasteiger partial charge is 0.458 e. The molecule has 0 aromatic heterocycles. The van der Waals surface area contributed by atoms with Gasteiger partial charge in [-0.05, 0) is 118 Å². The molecule has 0 aromatic rings. The van der Waals surface area contributed by atoms with Gasteiger partial charge in [0.05, 0.1) is 23.9 Å². The number of aliphatic hydroxyl groups excluding tert-OH is 1. The molecule has 0 aromatic carbocycles. The van der Waals surface area contributed by atoms with Gasteiger partial charge in [-0.2, -0.15) is 0 Å². The molecule has 2 unspecified atom stereocenters. The molecule has 13 heteroatoms. The van der Waals surface area contributed by atoms with Gasteiger partial charge in [0, 0.05) is 44.2 Å². The zero-order chi connectivity index (χ0) is 39.0. The lowest BCUT2D eigenvalue weighted by Gasteiger charge is -2.49. The van der Waals surface area contributed by atoms with E-state index < -0.39 is 65.7 Å². The number of rotatable bonds is 11. The quantitative estimate of drug-likeness (QED) is 0.209. The number of fused-ring (bicyclic) bond motifs is 1. The van der Waals surface area contributed by atoms with Crippen LogP contribution in [0.3, 0.4) is 0 Å². The maximum absolute atomic E-state index is 14.4. The molecule has 1 amide bonds. The summed E-state index contributed by atoms with van der Waals surface area (Å²) in [6.07, 6.45) is 2.13. The Kier molecular flexibility index (Phi) is 13.6. The van der Waals surface area contributed by atoms with Gasteiger partial charge in [-0.25, -0.2) is 4.79 Å². The average Bonchev–Trinajstić information content (AvgIpc) is 4.06. The molecule has 14 atom stereocenters. The fourth-order valence-corrected chi connectivity index (χ4v) is 9.19. The monoisotopic (exact) mass is 751 g/mol. The Morgan fingerprint density at radius 1 is 1.02 bits per heavy atom. The Morgan fingerprint density at radius 2 is 1.64 bits per heavy atom. The van der Waals surface area contributed by atoms with Crippen LogP contribution in [0, 0.1) is 29.6 Å². The van der Waals surface area contributed by atoms with E-state index in [1.54, 1.807) is 27.9 Å². The van der Waals surface area contributed by atoms with E-state index in [0.29, 0.717) is 25.8 Å². The van der Waals surface area contributed by atoms with E-state index in [2.05, 4.69) is 29.4 Å². The van der Waals surface area contributed by atoms with Crippen molar-refractivity contribution in [2.24, 2.45) is 29.6 Å². The maximum Gasteiger partial charge on any atom is 0.408 e. The van der Waals surface area contributed by atoms with Gasteiger partial charge in [0.25, 0.3) is 0 Å². The summed E-state index contributed by atoms with van der Waals surface area (Å²) >= 11 is 0. The van der Waals surface area contributed by atoms with E-state index in [1.807, 2.05) is 39.8 Å². The summed E-state index contributed by atoms with van der Waals surface area (Å²) in [5, 5.41) is 18.4. The highest BCUT2D eigenvalue weighted by Crippen LogP contribution is 2.40. The molecule has 13 nitrogen and oxygen atoms in total. The van der Waals surface area contributed by atoms with Gasteiger partial charge in [-0.15, -0.1) is 0 Å². The zero-order valence-electron chi connectivity index (χ0n) is 34.3. The minimum absolute atomic E-state index is 0.0281. The fourth-order valence-electron chi connectivity index (χ4n) is 9.19. The van der Waals surface area contributed by atoms with Crippen molar-refractivity contribution < 1.29 is 43.2 Å². The first-order valence-corrected chi connectivity index (χ1v) is 20.3. The molecule has 3 heterocycles. The van der Waals surface area contributed by atoms with Crippen LogP contribution >= 0.6 is 0 Å². The van der Waals surface area contributed by atoms with Crippen LogP contribution in [0.4, 0.5) is 4.79 Å². The number of alkyl carbamates (subject to hydrolysis) is 1. The highest BCUT2D eigenvalue weighted by Gasteiger charge is 2.55. The lowest BCUT2D eigenvalue weighted by molar-refractivity contribution is -0.303. The third-order valence-electron chi connectivity index (χ3n) is 13.2. The number of hydrogen-bond acceptors (Lipinski definition) is 12. The third-order valence-corrected chi connectivity index (χ3v) is 13.2. The number of nitrogens with one attached hydrogen (secondary N) is 2. The number of amides is 1. The second-order valence-corrected chi connectivity index (χ2v) is 17.9. The summed E-state index contributed by atoms with van der Waals surface area (Å²) in [6.45, 7) is 17.9. The minimum atomic E-state index is -1.16. The van der Waals surface area contributed by atoms with Crippen molar-refractivity contribution in [3.05, 3.63) is 0 Å². The van der Waals surface area contributed by atoms with Crippen molar-refractivity contribution in [2.45, 2.75) is 166 Å². The number of likely N-dealkylation sites (N-methyl/N-ethyl adjacent to an activating group) is 1. The van der Waals surface area contributed by atoms with Crippen LogP contribution in [-0.4, -0.2) is 140 Å². The van der Waals surface area contributed by atoms with Crippen molar-refractivity contribution in [3.63, 3.8) is 0 Å². The Morgan fingerprint density at radius 3 is 2.19 bits per heavy atom. The van der Waals surface area contributed by atoms with Gasteiger partial charge in [0.2, 0.25) is 0 Å². The smallest absolute Gasteiger partial charge is 0.408 e. The molecule has 5 rings (SSSR count). The molecule has 3 saturated heterocycles. The second kappa shape index (κ2) is 17.1. The van der Waals surface area contributed by atoms with Crippen molar-refractivity contribution in [1.29, 1.82) is 0 Å². The SMILES string of the molecule is CC[C@H]1OC(=O)C(C)C(=O)[C@H](C)[C@@H](O[C@@H]2O[C@H](C(C)N(CC3CC3)CC3CC3)C[C@H](N(C)C)[C@H]2O)[C@](C)(OC)C[C@@H](C)CN[C@H](C)[C@H]2NC(=O)O[C@@]21C. The number of esters is 1. The molecule has 0 spiro atoms. The van der Waals surface area contributed by atoms with Crippen LogP contribution < -0.4 is 10.6 Å². The van der Waals surface area contributed by atoms with Crippen molar-refractivity contribution in [1.82, 2.24) is 20.4 Å². The van der Waals surface area contributed by atoms with Gasteiger partial charge in [-0.3, -0.25) is 14.5 Å². The lowest BCUT2D eigenvalue weighted by atomic mass is 9.78. The molecular formula is C40H70N4O9. The minimum Gasteiger partial charge on any atom is -0.458 e. The number of ketones is 1. The molecule has 2 saturated carbocycles. The standard InChI is InChI=1S/C40H70N4O9/c1-12-31-40(8)34(42-38(48)53-40)25(5)41-19-22(2)18-39(7,49-11)35(23(3)32(45)24(4)36(47)51-31)52-37-33(46)29(43(9)10)17-30(50-37)26(6)44(20-27-13-14-27)21-28-15-16-28/h22-31,33-35,37,41,46H,12-21H2,1-11H3,(H,42,48)/t22-,23+,24?,25-,26?,29+,30+,31-,33-,34-,35-,37+,39-,40-/m1/s1. The summed E-state index contributed by atoms with van der Waals surface area (Å²) in [5.74, 6) is -1.54. The number of carbonyl (C=O) groups excluding carboxylic acids is 3. The number of carbonyl (C=O) groups is 3. The molecule has 304 valence electrons. The van der Waals surface area contributed by atoms with Crippen LogP contribution in [0.25, 0.3) is 0 Å². The fraction of sp³-hybridized carbons (Fsp3) is 0.925. The van der Waals surface area contributed by atoms with Crippen LogP contribution in [-0.2, 0) is 33.3 Å². The van der Waals surface area contributed by atoms with E-state index in [1.165, 1.54) is 25.7 Å². The van der Waals surface area contributed by atoms with Crippen LogP contribution in [0.2, 0.25) is 0 Å². The molecular weight excluding hydrogens is 680 g/mol. The molecule has 5 aliphatic rings.